The molecule has 3 nitrogen and oxygen atoms in total. The minimum absolute atomic E-state index is 0.313. The first-order valence-electron chi connectivity index (χ1n) is 5.45. The van der Waals surface area contributed by atoms with Crippen molar-refractivity contribution in [1.29, 1.82) is 0 Å². The fourth-order valence-corrected chi connectivity index (χ4v) is 2.47. The van der Waals surface area contributed by atoms with Crippen LogP contribution in [-0.2, 0) is 5.75 Å². The second-order valence-corrected chi connectivity index (χ2v) is 5.31. The van der Waals surface area contributed by atoms with Crippen molar-refractivity contribution in [3.8, 4) is 0 Å². The molecule has 2 N–H and O–H groups in total. The molecule has 86 valence electrons. The van der Waals surface area contributed by atoms with E-state index in [0.29, 0.717) is 12.1 Å². The molecule has 0 aliphatic heterocycles. The van der Waals surface area contributed by atoms with Crippen LogP contribution in [0.5, 0.6) is 0 Å². The molecule has 1 unspecified atom stereocenters. The van der Waals surface area contributed by atoms with E-state index in [1.54, 1.807) is 0 Å². The van der Waals surface area contributed by atoms with Gasteiger partial charge in [0.05, 0.1) is 6.33 Å². The van der Waals surface area contributed by atoms with Gasteiger partial charge in [0, 0.05) is 29.7 Å². The second-order valence-electron chi connectivity index (χ2n) is 4.20. The van der Waals surface area contributed by atoms with Gasteiger partial charge < -0.3 is 10.3 Å². The zero-order valence-corrected chi connectivity index (χ0v) is 10.6. The van der Waals surface area contributed by atoms with E-state index in [9.17, 15) is 0 Å². The molecular formula is C11H21N3S. The zero-order chi connectivity index (χ0) is 11.3. The number of hydrogen-bond donors (Lipinski definition) is 1. The molecule has 0 amide bonds. The van der Waals surface area contributed by atoms with Crippen LogP contribution in [0.15, 0.2) is 12.5 Å². The average Bonchev–Trinajstić information content (AvgIpc) is 2.60. The van der Waals surface area contributed by atoms with Crippen molar-refractivity contribution < 1.29 is 0 Å². The van der Waals surface area contributed by atoms with Crippen molar-refractivity contribution in [2.75, 3.05) is 5.75 Å². The van der Waals surface area contributed by atoms with Crippen LogP contribution < -0.4 is 5.73 Å². The van der Waals surface area contributed by atoms with Crippen LogP contribution in [0.1, 0.15) is 38.9 Å². The van der Waals surface area contributed by atoms with Gasteiger partial charge in [-0.1, -0.05) is 0 Å². The summed E-state index contributed by atoms with van der Waals surface area (Å²) >= 11 is 1.93. The lowest BCUT2D eigenvalue weighted by Gasteiger charge is -2.11. The maximum atomic E-state index is 5.70. The maximum Gasteiger partial charge on any atom is 0.0950 e. The Bertz CT molecular complexity index is 281. The Morgan fingerprint density at radius 1 is 1.47 bits per heavy atom. The molecule has 1 aromatic heterocycles. The SMILES string of the molecule is CC(N)CCSCc1cncn1C(C)C. The molecule has 1 rings (SSSR count). The molecular weight excluding hydrogens is 206 g/mol. The first-order valence-corrected chi connectivity index (χ1v) is 6.60. The molecule has 0 saturated heterocycles. The topological polar surface area (TPSA) is 43.8 Å². The minimum Gasteiger partial charge on any atom is -0.331 e. The van der Waals surface area contributed by atoms with Crippen molar-refractivity contribution in [2.45, 2.75) is 45.0 Å². The summed E-state index contributed by atoms with van der Waals surface area (Å²) in [5.41, 5.74) is 7.00. The van der Waals surface area contributed by atoms with Crippen LogP contribution >= 0.6 is 11.8 Å². The van der Waals surface area contributed by atoms with Crippen LogP contribution in [0.3, 0.4) is 0 Å². The van der Waals surface area contributed by atoms with E-state index < -0.39 is 0 Å². The standard InChI is InChI=1S/C11H21N3S/c1-9(2)14-8-13-6-11(14)7-15-5-4-10(3)12/h6,8-10H,4-5,7,12H2,1-3H3. The van der Waals surface area contributed by atoms with Crippen molar-refractivity contribution in [3.63, 3.8) is 0 Å². The fraction of sp³-hybridized carbons (Fsp3) is 0.727. The summed E-state index contributed by atoms with van der Waals surface area (Å²) in [4.78, 5) is 4.18. The summed E-state index contributed by atoms with van der Waals surface area (Å²) in [6.45, 7) is 6.41. The highest BCUT2D eigenvalue weighted by Gasteiger charge is 2.05. The molecule has 1 aromatic rings. The van der Waals surface area contributed by atoms with Crippen LogP contribution in [-0.4, -0.2) is 21.3 Å². The lowest BCUT2D eigenvalue weighted by Crippen LogP contribution is -2.15. The van der Waals surface area contributed by atoms with Gasteiger partial charge in [-0.2, -0.15) is 11.8 Å². The number of nitrogens with two attached hydrogens (primary N) is 1. The summed E-state index contributed by atoms with van der Waals surface area (Å²) < 4.78 is 2.22. The number of thioether (sulfide) groups is 1. The molecule has 15 heavy (non-hydrogen) atoms. The second kappa shape index (κ2) is 6.18. The van der Waals surface area contributed by atoms with Gasteiger partial charge in [0.25, 0.3) is 0 Å². The first kappa shape index (κ1) is 12.6. The smallest absolute Gasteiger partial charge is 0.0950 e. The molecule has 0 aliphatic carbocycles. The van der Waals surface area contributed by atoms with Crippen molar-refractivity contribution in [1.82, 2.24) is 9.55 Å². The highest BCUT2D eigenvalue weighted by atomic mass is 32.2. The monoisotopic (exact) mass is 227 g/mol. The Morgan fingerprint density at radius 2 is 2.20 bits per heavy atom. The molecule has 0 radical (unpaired) electrons. The zero-order valence-electron chi connectivity index (χ0n) is 9.81. The van der Waals surface area contributed by atoms with E-state index in [1.165, 1.54) is 5.69 Å². The summed E-state index contributed by atoms with van der Waals surface area (Å²) in [6, 6.07) is 0.809. The third kappa shape index (κ3) is 4.26. The summed E-state index contributed by atoms with van der Waals surface area (Å²) in [6.07, 6.45) is 4.95. The van der Waals surface area contributed by atoms with Gasteiger partial charge in [0.1, 0.15) is 0 Å². The molecule has 0 aliphatic rings. The van der Waals surface area contributed by atoms with Crippen molar-refractivity contribution in [2.24, 2.45) is 5.73 Å². The van der Waals surface area contributed by atoms with Crippen LogP contribution in [0, 0.1) is 0 Å². The highest BCUT2D eigenvalue weighted by molar-refractivity contribution is 7.98. The van der Waals surface area contributed by atoms with Gasteiger partial charge in [0.2, 0.25) is 0 Å². The van der Waals surface area contributed by atoms with E-state index >= 15 is 0 Å². The van der Waals surface area contributed by atoms with Crippen molar-refractivity contribution >= 4 is 11.8 Å². The van der Waals surface area contributed by atoms with E-state index in [0.717, 1.165) is 17.9 Å². The summed E-state index contributed by atoms with van der Waals surface area (Å²) in [7, 11) is 0. The lowest BCUT2D eigenvalue weighted by atomic mass is 10.3. The largest absolute Gasteiger partial charge is 0.331 e. The molecule has 1 heterocycles. The molecule has 0 bridgehead atoms. The summed E-state index contributed by atoms with van der Waals surface area (Å²) in [5.74, 6) is 2.16. The predicted octanol–water partition coefficient (Wildman–Crippen LogP) is 2.43. The normalized spacial score (nSPS) is 13.4. The van der Waals surface area contributed by atoms with E-state index in [2.05, 4.69) is 30.3 Å². The first-order chi connectivity index (χ1) is 7.11. The van der Waals surface area contributed by atoms with Crippen LogP contribution in [0.2, 0.25) is 0 Å². The Morgan fingerprint density at radius 3 is 2.80 bits per heavy atom. The van der Waals surface area contributed by atoms with Crippen LogP contribution in [0.4, 0.5) is 0 Å². The Kier molecular flexibility index (Phi) is 5.19. The number of rotatable bonds is 6. The van der Waals surface area contributed by atoms with Gasteiger partial charge in [0.15, 0.2) is 0 Å². The molecule has 0 saturated carbocycles. The van der Waals surface area contributed by atoms with Crippen LogP contribution in [0.25, 0.3) is 0 Å². The van der Waals surface area contributed by atoms with E-state index in [4.69, 9.17) is 5.73 Å². The van der Waals surface area contributed by atoms with Gasteiger partial charge in [-0.05, 0) is 32.9 Å². The minimum atomic E-state index is 0.313. The fourth-order valence-electron chi connectivity index (χ4n) is 1.35. The third-order valence-electron chi connectivity index (χ3n) is 2.27. The van der Waals surface area contributed by atoms with Gasteiger partial charge in [-0.3, -0.25) is 0 Å². The third-order valence-corrected chi connectivity index (χ3v) is 3.29. The molecule has 0 fully saturated rings. The number of imidazole rings is 1. The average molecular weight is 227 g/mol. The molecule has 1 atom stereocenters. The highest BCUT2D eigenvalue weighted by Crippen LogP contribution is 2.16. The number of aromatic nitrogens is 2. The molecule has 4 heteroatoms. The quantitative estimate of drug-likeness (QED) is 0.759. The van der Waals surface area contributed by atoms with Gasteiger partial charge in [-0.25, -0.2) is 4.98 Å². The Labute approximate surface area is 96.5 Å². The summed E-state index contributed by atoms with van der Waals surface area (Å²) in [5, 5.41) is 0. The van der Waals surface area contributed by atoms with E-state index in [-0.39, 0.29) is 0 Å². The molecule has 0 spiro atoms. The van der Waals surface area contributed by atoms with Gasteiger partial charge >= 0.3 is 0 Å². The van der Waals surface area contributed by atoms with Crippen molar-refractivity contribution in [3.05, 3.63) is 18.2 Å². The number of nitrogens with zero attached hydrogens (tertiary/aromatic N) is 2. The Balaban J connectivity index is 2.34. The lowest BCUT2D eigenvalue weighted by molar-refractivity contribution is 0.584. The van der Waals surface area contributed by atoms with Gasteiger partial charge in [-0.15, -0.1) is 0 Å². The van der Waals surface area contributed by atoms with E-state index in [1.807, 2.05) is 24.3 Å². The maximum absolute atomic E-state index is 5.70. The Hall–Kier alpha value is -0.480. The number of hydrogen-bond acceptors (Lipinski definition) is 3. The predicted molar refractivity (Wildman–Crippen MR) is 67.0 cm³/mol. The molecule has 0 aromatic carbocycles.